The van der Waals surface area contributed by atoms with Gasteiger partial charge in [0.2, 0.25) is 0 Å². The van der Waals surface area contributed by atoms with Gasteiger partial charge in [-0.2, -0.15) is 0 Å². The lowest BCUT2D eigenvalue weighted by atomic mass is 10.2. The molecule has 0 unspecified atom stereocenters. The van der Waals surface area contributed by atoms with E-state index in [9.17, 15) is 0 Å². The summed E-state index contributed by atoms with van der Waals surface area (Å²) in [5, 5.41) is 0.818. The zero-order valence-electron chi connectivity index (χ0n) is 15.1. The summed E-state index contributed by atoms with van der Waals surface area (Å²) in [4.78, 5) is 26.6. The maximum absolute atomic E-state index is 6.09. The van der Waals surface area contributed by atoms with Crippen molar-refractivity contribution in [3.8, 4) is 5.75 Å². The largest absolute Gasteiger partial charge is 0.497 e. The molecule has 0 saturated heterocycles. The van der Waals surface area contributed by atoms with Gasteiger partial charge in [0.05, 0.1) is 19.8 Å². The Bertz CT molecular complexity index is 1250. The fourth-order valence-electron chi connectivity index (χ4n) is 2.66. The van der Waals surface area contributed by atoms with Crippen LogP contribution in [0.4, 0.5) is 0 Å². The Morgan fingerprint density at radius 2 is 1.62 bits per heavy atom. The van der Waals surface area contributed by atoms with Gasteiger partial charge in [0.25, 0.3) is 0 Å². The van der Waals surface area contributed by atoms with E-state index in [4.69, 9.17) is 27.9 Å². The first kappa shape index (κ1) is 19.0. The van der Waals surface area contributed by atoms with E-state index in [0.717, 1.165) is 16.8 Å². The molecule has 0 aliphatic carbocycles. The second-order valence-corrected chi connectivity index (χ2v) is 6.54. The molecule has 0 spiro atoms. The monoisotopic (exact) mass is 428 g/mol. The Morgan fingerprint density at radius 1 is 0.897 bits per heavy atom. The molecule has 29 heavy (non-hydrogen) atoms. The van der Waals surface area contributed by atoms with Crippen molar-refractivity contribution in [2.24, 2.45) is 0 Å². The molecule has 1 N–H and O–H groups in total. The van der Waals surface area contributed by atoms with E-state index in [-0.39, 0.29) is 0 Å². The lowest BCUT2D eigenvalue weighted by Gasteiger charge is -2.06. The third kappa shape index (κ3) is 4.10. The van der Waals surface area contributed by atoms with Crippen molar-refractivity contribution in [1.82, 2.24) is 39.5 Å². The van der Waals surface area contributed by atoms with Crippen molar-refractivity contribution in [3.63, 3.8) is 0 Å². The topological polar surface area (TPSA) is 107 Å². The van der Waals surface area contributed by atoms with Crippen molar-refractivity contribution < 1.29 is 4.74 Å². The molecule has 4 aromatic heterocycles. The molecule has 5 aromatic rings. The number of rotatable bonds is 3. The Kier molecular flexibility index (Phi) is 5.50. The number of hydrogen-bond donors (Lipinski definition) is 1. The second kappa shape index (κ2) is 8.38. The molecule has 1 aromatic carbocycles. The molecule has 9 nitrogen and oxygen atoms in total. The van der Waals surface area contributed by atoms with Gasteiger partial charge < -0.3 is 14.3 Å². The van der Waals surface area contributed by atoms with E-state index in [1.165, 1.54) is 19.0 Å². The average molecular weight is 429 g/mol. The van der Waals surface area contributed by atoms with E-state index in [1.54, 1.807) is 13.4 Å². The highest BCUT2D eigenvalue weighted by Crippen LogP contribution is 2.20. The predicted octanol–water partition coefficient (Wildman–Crippen LogP) is 3.54. The van der Waals surface area contributed by atoms with Gasteiger partial charge in [-0.15, -0.1) is 0 Å². The fraction of sp³-hybridized carbons (Fsp3) is 0.111. The van der Waals surface area contributed by atoms with Gasteiger partial charge in [0.1, 0.15) is 29.4 Å². The quantitative estimate of drug-likeness (QED) is 0.437. The number of fused-ring (bicyclic) bond motifs is 2. The molecule has 0 fully saturated rings. The molecule has 0 atom stereocenters. The van der Waals surface area contributed by atoms with Crippen molar-refractivity contribution in [3.05, 3.63) is 65.4 Å². The summed E-state index contributed by atoms with van der Waals surface area (Å²) in [6.07, 6.45) is 6.04. The molecule has 0 saturated carbocycles. The normalized spacial score (nSPS) is 10.7. The van der Waals surface area contributed by atoms with E-state index in [2.05, 4.69) is 34.9 Å². The Balaban J connectivity index is 0.000000171. The van der Waals surface area contributed by atoms with Crippen molar-refractivity contribution in [2.75, 3.05) is 7.11 Å². The summed E-state index contributed by atoms with van der Waals surface area (Å²) in [5.41, 5.74) is 3.76. The van der Waals surface area contributed by atoms with Crippen LogP contribution in [0.3, 0.4) is 0 Å². The molecular weight excluding hydrogens is 415 g/mol. The summed E-state index contributed by atoms with van der Waals surface area (Å²) in [7, 11) is 1.65. The highest BCUT2D eigenvalue weighted by molar-refractivity contribution is 6.33. The van der Waals surface area contributed by atoms with E-state index >= 15 is 0 Å². The van der Waals surface area contributed by atoms with Crippen LogP contribution >= 0.6 is 23.2 Å². The standard InChI is InChI=1S/C13H11ClN4O.C5H3ClN4/c1-19-10-4-2-9(3-5-10)6-18-8-17-13-11(18)12(14)15-7-16-13;6-4-3-5(9-1-7-3)10-2-8-4/h2-5,7-8H,6H2,1H3;1-2H,(H,7,8,9,10). The summed E-state index contributed by atoms with van der Waals surface area (Å²) in [6, 6.07) is 7.85. The number of halogens is 2. The van der Waals surface area contributed by atoms with Crippen LogP contribution in [0.2, 0.25) is 10.3 Å². The first-order valence-corrected chi connectivity index (χ1v) is 9.15. The number of ether oxygens (including phenoxy) is 1. The van der Waals surface area contributed by atoms with Gasteiger partial charge in [-0.3, -0.25) is 0 Å². The average Bonchev–Trinajstić information content (AvgIpc) is 3.38. The lowest BCUT2D eigenvalue weighted by Crippen LogP contribution is -1.99. The number of imidazole rings is 2. The van der Waals surface area contributed by atoms with Crippen LogP contribution in [0.1, 0.15) is 5.56 Å². The molecule has 0 bridgehead atoms. The summed E-state index contributed by atoms with van der Waals surface area (Å²) >= 11 is 11.8. The van der Waals surface area contributed by atoms with Gasteiger partial charge >= 0.3 is 0 Å². The summed E-state index contributed by atoms with van der Waals surface area (Å²) in [6.45, 7) is 0.660. The molecule has 0 aliphatic rings. The Morgan fingerprint density at radius 3 is 2.34 bits per heavy atom. The molecule has 146 valence electrons. The zero-order valence-corrected chi connectivity index (χ0v) is 16.6. The summed E-state index contributed by atoms with van der Waals surface area (Å²) in [5.74, 6) is 0.834. The molecule has 5 rings (SSSR count). The number of aromatic amines is 1. The van der Waals surface area contributed by atoms with Crippen LogP contribution in [-0.4, -0.2) is 46.6 Å². The molecular formula is C18H14Cl2N8O. The van der Waals surface area contributed by atoms with Crippen LogP contribution in [0.25, 0.3) is 22.3 Å². The van der Waals surface area contributed by atoms with E-state index in [1.807, 2.05) is 28.8 Å². The molecule has 0 amide bonds. The van der Waals surface area contributed by atoms with E-state index < -0.39 is 0 Å². The number of hydrogen-bond acceptors (Lipinski definition) is 7. The number of methoxy groups -OCH3 is 1. The van der Waals surface area contributed by atoms with Crippen LogP contribution in [-0.2, 0) is 6.54 Å². The molecule has 0 radical (unpaired) electrons. The van der Waals surface area contributed by atoms with Crippen molar-refractivity contribution >= 4 is 45.5 Å². The SMILES string of the molecule is COc1ccc(Cn2cnc3ncnc(Cl)c32)cc1.Clc1ncnc2nc[nH]c12. The van der Waals surface area contributed by atoms with Crippen LogP contribution < -0.4 is 4.74 Å². The number of aromatic nitrogens is 8. The minimum Gasteiger partial charge on any atom is -0.497 e. The van der Waals surface area contributed by atoms with Gasteiger partial charge in [-0.05, 0) is 17.7 Å². The van der Waals surface area contributed by atoms with Crippen LogP contribution in [0.5, 0.6) is 5.75 Å². The molecule has 0 aliphatic heterocycles. The smallest absolute Gasteiger partial charge is 0.182 e. The second-order valence-electron chi connectivity index (χ2n) is 5.82. The third-order valence-electron chi connectivity index (χ3n) is 4.05. The third-order valence-corrected chi connectivity index (χ3v) is 4.62. The Labute approximate surface area is 174 Å². The zero-order chi connectivity index (χ0) is 20.2. The first-order chi connectivity index (χ1) is 14.2. The molecule has 11 heteroatoms. The Hall–Kier alpha value is -3.30. The van der Waals surface area contributed by atoms with Crippen molar-refractivity contribution in [1.29, 1.82) is 0 Å². The summed E-state index contributed by atoms with van der Waals surface area (Å²) < 4.78 is 7.06. The fourth-order valence-corrected chi connectivity index (χ4v) is 3.07. The van der Waals surface area contributed by atoms with Gasteiger partial charge in [-0.1, -0.05) is 35.3 Å². The van der Waals surface area contributed by atoms with Gasteiger partial charge in [-0.25, -0.2) is 29.9 Å². The van der Waals surface area contributed by atoms with Crippen molar-refractivity contribution in [2.45, 2.75) is 6.54 Å². The molecule has 4 heterocycles. The highest BCUT2D eigenvalue weighted by Gasteiger charge is 2.09. The number of nitrogens with one attached hydrogen (secondary N) is 1. The predicted molar refractivity (Wildman–Crippen MR) is 109 cm³/mol. The van der Waals surface area contributed by atoms with Gasteiger partial charge in [0, 0.05) is 6.54 Å². The number of nitrogens with zero attached hydrogens (tertiary/aromatic N) is 7. The van der Waals surface area contributed by atoms with Gasteiger partial charge in [0.15, 0.2) is 21.6 Å². The maximum atomic E-state index is 6.09. The number of H-pyrrole nitrogens is 1. The maximum Gasteiger partial charge on any atom is 0.182 e. The van der Waals surface area contributed by atoms with Crippen LogP contribution in [0, 0.1) is 0 Å². The first-order valence-electron chi connectivity index (χ1n) is 8.39. The minimum absolute atomic E-state index is 0.405. The van der Waals surface area contributed by atoms with E-state index in [0.29, 0.717) is 33.7 Å². The highest BCUT2D eigenvalue weighted by atomic mass is 35.5. The van der Waals surface area contributed by atoms with Crippen LogP contribution in [0.15, 0.2) is 49.6 Å². The minimum atomic E-state index is 0.405. The number of benzene rings is 1. The lowest BCUT2D eigenvalue weighted by molar-refractivity contribution is 0.414.